The van der Waals surface area contributed by atoms with Crippen molar-refractivity contribution in [1.82, 2.24) is 5.43 Å². The van der Waals surface area contributed by atoms with Crippen LogP contribution in [0.1, 0.15) is 19.8 Å². The Morgan fingerprint density at radius 3 is 2.45 bits per heavy atom. The summed E-state index contributed by atoms with van der Waals surface area (Å²) >= 11 is 0. The molecule has 0 amide bonds. The van der Waals surface area contributed by atoms with Gasteiger partial charge in [-0.3, -0.25) is 11.3 Å². The van der Waals surface area contributed by atoms with Crippen LogP contribution in [0, 0.1) is 0 Å². The lowest BCUT2D eigenvalue weighted by atomic mass is 10.1. The highest BCUT2D eigenvalue weighted by Crippen LogP contribution is 2.11. The summed E-state index contributed by atoms with van der Waals surface area (Å²) in [7, 11) is 0. The van der Waals surface area contributed by atoms with Crippen LogP contribution in [-0.2, 0) is 0 Å². The van der Waals surface area contributed by atoms with E-state index in [1.165, 1.54) is 0 Å². The van der Waals surface area contributed by atoms with Crippen molar-refractivity contribution in [2.45, 2.75) is 32.2 Å². The molecular weight excluding hydrogens is 150 g/mol. The molecule has 0 heterocycles. The molecule has 0 aromatic rings. The number of hydrogen-bond acceptors (Lipinski definition) is 2. The van der Waals surface area contributed by atoms with E-state index in [9.17, 15) is 8.78 Å². The molecule has 2 nitrogen and oxygen atoms in total. The van der Waals surface area contributed by atoms with Gasteiger partial charge in [0, 0.05) is 0 Å². The third-order valence-electron chi connectivity index (χ3n) is 1.53. The van der Waals surface area contributed by atoms with Crippen molar-refractivity contribution in [2.75, 3.05) is 0 Å². The van der Waals surface area contributed by atoms with Crippen LogP contribution < -0.4 is 11.3 Å². The highest BCUT2D eigenvalue weighted by atomic mass is 19.3. The minimum Gasteiger partial charge on any atom is -0.271 e. The van der Waals surface area contributed by atoms with E-state index in [-0.39, 0.29) is 6.42 Å². The zero-order valence-corrected chi connectivity index (χ0v) is 6.61. The molecule has 66 valence electrons. The molecule has 0 saturated heterocycles. The molecule has 0 spiro atoms. The molecule has 0 rings (SSSR count). The van der Waals surface area contributed by atoms with Gasteiger partial charge in [0.25, 0.3) is 6.43 Å². The van der Waals surface area contributed by atoms with Gasteiger partial charge in [-0.2, -0.15) is 0 Å². The van der Waals surface area contributed by atoms with Gasteiger partial charge in [0.1, 0.15) is 0 Å². The first-order valence-corrected chi connectivity index (χ1v) is 3.52. The van der Waals surface area contributed by atoms with Crippen molar-refractivity contribution in [1.29, 1.82) is 0 Å². The maximum Gasteiger partial charge on any atom is 0.255 e. The van der Waals surface area contributed by atoms with Crippen LogP contribution in [0.2, 0.25) is 0 Å². The standard InChI is InChI=1S/C7H14F2N2/c1-3-5(2)4-6(11-10)7(8)9/h6-7,11H,2-4,10H2,1H3. The van der Waals surface area contributed by atoms with Crippen molar-refractivity contribution in [3.05, 3.63) is 12.2 Å². The second-order valence-electron chi connectivity index (χ2n) is 2.42. The molecule has 3 N–H and O–H groups in total. The summed E-state index contributed by atoms with van der Waals surface area (Å²) in [5.41, 5.74) is 2.84. The fourth-order valence-electron chi connectivity index (χ4n) is 0.676. The van der Waals surface area contributed by atoms with Crippen LogP contribution in [-0.4, -0.2) is 12.5 Å². The molecule has 1 unspecified atom stereocenters. The maximum atomic E-state index is 12.0. The van der Waals surface area contributed by atoms with Gasteiger partial charge in [0.2, 0.25) is 0 Å². The number of hydrogen-bond donors (Lipinski definition) is 2. The largest absolute Gasteiger partial charge is 0.271 e. The topological polar surface area (TPSA) is 38.0 Å². The van der Waals surface area contributed by atoms with Crippen molar-refractivity contribution < 1.29 is 8.78 Å². The first kappa shape index (κ1) is 10.5. The summed E-state index contributed by atoms with van der Waals surface area (Å²) in [6.45, 7) is 5.49. The van der Waals surface area contributed by atoms with E-state index in [0.717, 1.165) is 5.57 Å². The highest BCUT2D eigenvalue weighted by molar-refractivity contribution is 4.96. The van der Waals surface area contributed by atoms with Crippen LogP contribution in [0.3, 0.4) is 0 Å². The predicted molar refractivity (Wildman–Crippen MR) is 41.2 cm³/mol. The van der Waals surface area contributed by atoms with Crippen LogP contribution in [0.15, 0.2) is 12.2 Å². The molecular formula is C7H14F2N2. The van der Waals surface area contributed by atoms with Crippen LogP contribution >= 0.6 is 0 Å². The lowest BCUT2D eigenvalue weighted by Gasteiger charge is -2.14. The Kier molecular flexibility index (Phi) is 4.98. The summed E-state index contributed by atoms with van der Waals surface area (Å²) in [6.07, 6.45) is -1.47. The lowest BCUT2D eigenvalue weighted by molar-refractivity contribution is 0.0982. The van der Waals surface area contributed by atoms with E-state index < -0.39 is 12.5 Å². The van der Waals surface area contributed by atoms with Gasteiger partial charge in [-0.15, -0.1) is 0 Å². The molecule has 0 aliphatic heterocycles. The van der Waals surface area contributed by atoms with Crippen molar-refractivity contribution in [3.63, 3.8) is 0 Å². The normalized spacial score (nSPS) is 13.5. The zero-order chi connectivity index (χ0) is 8.85. The van der Waals surface area contributed by atoms with E-state index >= 15 is 0 Å². The number of rotatable bonds is 5. The monoisotopic (exact) mass is 164 g/mol. The SMILES string of the molecule is C=C(CC)CC(NN)C(F)F. The van der Waals surface area contributed by atoms with Crippen molar-refractivity contribution in [2.24, 2.45) is 5.84 Å². The third-order valence-corrected chi connectivity index (χ3v) is 1.53. The van der Waals surface area contributed by atoms with Gasteiger partial charge < -0.3 is 0 Å². The lowest BCUT2D eigenvalue weighted by Crippen LogP contribution is -2.40. The Morgan fingerprint density at radius 1 is 1.64 bits per heavy atom. The number of alkyl halides is 2. The molecule has 11 heavy (non-hydrogen) atoms. The highest BCUT2D eigenvalue weighted by Gasteiger charge is 2.18. The Labute approximate surface area is 65.4 Å². The van der Waals surface area contributed by atoms with Crippen LogP contribution in [0.5, 0.6) is 0 Å². The van der Waals surface area contributed by atoms with Crippen LogP contribution in [0.4, 0.5) is 8.78 Å². The Bertz CT molecular complexity index is 126. The van der Waals surface area contributed by atoms with E-state index in [4.69, 9.17) is 5.84 Å². The summed E-state index contributed by atoms with van der Waals surface area (Å²) in [4.78, 5) is 0. The van der Waals surface area contributed by atoms with Gasteiger partial charge in [-0.25, -0.2) is 8.78 Å². The second-order valence-corrected chi connectivity index (χ2v) is 2.42. The third kappa shape index (κ3) is 4.06. The molecule has 0 bridgehead atoms. The average Bonchev–Trinajstić information content (AvgIpc) is 1.99. The molecule has 4 heteroatoms. The molecule has 0 fully saturated rings. The smallest absolute Gasteiger partial charge is 0.255 e. The first-order valence-electron chi connectivity index (χ1n) is 3.52. The van der Waals surface area contributed by atoms with E-state index in [1.54, 1.807) is 0 Å². The van der Waals surface area contributed by atoms with Crippen molar-refractivity contribution in [3.8, 4) is 0 Å². The fraction of sp³-hybridized carbons (Fsp3) is 0.714. The molecule has 0 radical (unpaired) electrons. The molecule has 0 saturated carbocycles. The summed E-state index contributed by atoms with van der Waals surface area (Å²) in [5.74, 6) is 4.91. The van der Waals surface area contributed by atoms with Gasteiger partial charge in [0.15, 0.2) is 0 Å². The van der Waals surface area contributed by atoms with E-state index in [1.807, 2.05) is 6.92 Å². The quantitative estimate of drug-likeness (QED) is 0.366. The Balaban J connectivity index is 3.78. The number of nitrogens with one attached hydrogen (secondary N) is 1. The molecule has 0 aromatic carbocycles. The minimum atomic E-state index is -2.43. The second kappa shape index (κ2) is 5.21. The van der Waals surface area contributed by atoms with E-state index in [2.05, 4.69) is 12.0 Å². The summed E-state index contributed by atoms with van der Waals surface area (Å²) in [6, 6.07) is -0.956. The summed E-state index contributed by atoms with van der Waals surface area (Å²) in [5, 5.41) is 0. The number of halogens is 2. The van der Waals surface area contributed by atoms with Crippen LogP contribution in [0.25, 0.3) is 0 Å². The molecule has 0 aromatic heterocycles. The van der Waals surface area contributed by atoms with Crippen molar-refractivity contribution >= 4 is 0 Å². The molecule has 1 atom stereocenters. The van der Waals surface area contributed by atoms with Gasteiger partial charge in [-0.1, -0.05) is 19.1 Å². The van der Waals surface area contributed by atoms with Gasteiger partial charge >= 0.3 is 0 Å². The Morgan fingerprint density at radius 2 is 2.18 bits per heavy atom. The molecule has 0 aliphatic carbocycles. The first-order chi connectivity index (χ1) is 5.11. The predicted octanol–water partition coefficient (Wildman–Crippen LogP) is 1.44. The average molecular weight is 164 g/mol. The number of nitrogens with two attached hydrogens (primary N) is 1. The molecule has 0 aliphatic rings. The van der Waals surface area contributed by atoms with E-state index in [0.29, 0.717) is 6.42 Å². The van der Waals surface area contributed by atoms with Gasteiger partial charge in [-0.05, 0) is 12.8 Å². The summed E-state index contributed by atoms with van der Waals surface area (Å²) < 4.78 is 24.0. The fourth-order valence-corrected chi connectivity index (χ4v) is 0.676. The minimum absolute atomic E-state index is 0.241. The number of hydrazine groups is 1. The Hall–Kier alpha value is -0.480. The zero-order valence-electron chi connectivity index (χ0n) is 6.61. The maximum absolute atomic E-state index is 12.0. The van der Waals surface area contributed by atoms with Gasteiger partial charge in [0.05, 0.1) is 6.04 Å².